The highest BCUT2D eigenvalue weighted by atomic mass is 35.5. The van der Waals surface area contributed by atoms with Crippen molar-refractivity contribution in [2.75, 3.05) is 7.11 Å². The van der Waals surface area contributed by atoms with Gasteiger partial charge in [0, 0.05) is 0 Å². The molecule has 0 bridgehead atoms. The van der Waals surface area contributed by atoms with Crippen LogP contribution in [0.1, 0.15) is 27.7 Å². The van der Waals surface area contributed by atoms with Gasteiger partial charge in [0.25, 0.3) is 0 Å². The molecular formula is C12H12ClNO4. The largest absolute Gasteiger partial charge is 0.500 e. The second kappa shape index (κ2) is 4.86. The van der Waals surface area contributed by atoms with E-state index in [1.54, 1.807) is 25.2 Å². The maximum Gasteiger partial charge on any atom is 0.341 e. The van der Waals surface area contributed by atoms with Crippen LogP contribution in [0.3, 0.4) is 0 Å². The van der Waals surface area contributed by atoms with Crippen LogP contribution in [0.5, 0.6) is 0 Å². The minimum atomic E-state index is -1.09. The lowest BCUT2D eigenvalue weighted by Gasteiger charge is -2.22. The van der Waals surface area contributed by atoms with E-state index in [0.29, 0.717) is 5.76 Å². The number of rotatable bonds is 3. The van der Waals surface area contributed by atoms with E-state index in [4.69, 9.17) is 20.9 Å². The Balaban J connectivity index is 2.51. The molecule has 1 N–H and O–H groups in total. The molecule has 1 aromatic heterocycles. The summed E-state index contributed by atoms with van der Waals surface area (Å²) in [4.78, 5) is 11.2. The molecule has 5 nitrogen and oxygen atoms in total. The van der Waals surface area contributed by atoms with Crippen molar-refractivity contribution in [1.82, 2.24) is 5.16 Å². The molecule has 1 aliphatic carbocycles. The Morgan fingerprint density at radius 3 is 2.94 bits per heavy atom. The lowest BCUT2D eigenvalue weighted by molar-refractivity contribution is 0.0693. The van der Waals surface area contributed by atoms with E-state index in [1.165, 1.54) is 7.11 Å². The van der Waals surface area contributed by atoms with Gasteiger partial charge in [-0.3, -0.25) is 0 Å². The minimum absolute atomic E-state index is 0.0453. The van der Waals surface area contributed by atoms with Gasteiger partial charge in [-0.25, -0.2) is 4.79 Å². The van der Waals surface area contributed by atoms with Gasteiger partial charge in [0.05, 0.1) is 18.4 Å². The number of alkyl halides is 1. The quantitative estimate of drug-likeness (QED) is 0.854. The van der Waals surface area contributed by atoms with Crippen LogP contribution in [0.15, 0.2) is 28.5 Å². The van der Waals surface area contributed by atoms with Crippen LogP contribution in [0.25, 0.3) is 0 Å². The van der Waals surface area contributed by atoms with E-state index in [-0.39, 0.29) is 17.0 Å². The first-order chi connectivity index (χ1) is 8.56. The summed E-state index contributed by atoms with van der Waals surface area (Å²) < 4.78 is 10.2. The zero-order valence-corrected chi connectivity index (χ0v) is 10.6. The summed E-state index contributed by atoms with van der Waals surface area (Å²) in [5.41, 5.74) is 0.335. The van der Waals surface area contributed by atoms with Gasteiger partial charge in [0.2, 0.25) is 0 Å². The number of carboxylic acid groups (broad SMARTS) is 1. The van der Waals surface area contributed by atoms with Crippen molar-refractivity contribution >= 4 is 17.6 Å². The Bertz CT molecular complexity index is 532. The Labute approximate surface area is 109 Å². The number of ether oxygens (including phenoxy) is 1. The minimum Gasteiger partial charge on any atom is -0.500 e. The van der Waals surface area contributed by atoms with Crippen molar-refractivity contribution in [2.24, 2.45) is 0 Å². The SMILES string of the molecule is COC1=CC=CC(Cl)C1c1noc(C)c1C(=O)O. The van der Waals surface area contributed by atoms with Gasteiger partial charge in [-0.15, -0.1) is 11.6 Å². The summed E-state index contributed by atoms with van der Waals surface area (Å²) in [5, 5.41) is 12.6. The van der Waals surface area contributed by atoms with E-state index >= 15 is 0 Å². The summed E-state index contributed by atoms with van der Waals surface area (Å²) in [6.07, 6.45) is 5.25. The molecule has 2 atom stereocenters. The second-order valence-corrected chi connectivity index (χ2v) is 4.39. The van der Waals surface area contributed by atoms with Crippen molar-refractivity contribution in [3.8, 4) is 0 Å². The Hall–Kier alpha value is -1.75. The molecule has 0 saturated heterocycles. The smallest absolute Gasteiger partial charge is 0.341 e. The molecular weight excluding hydrogens is 258 g/mol. The average molecular weight is 270 g/mol. The fourth-order valence-electron chi connectivity index (χ4n) is 1.97. The third-order valence-electron chi connectivity index (χ3n) is 2.81. The summed E-state index contributed by atoms with van der Waals surface area (Å²) in [6, 6.07) is 0. The number of carboxylic acids is 1. The molecule has 0 spiro atoms. The van der Waals surface area contributed by atoms with E-state index < -0.39 is 17.3 Å². The maximum absolute atomic E-state index is 11.2. The number of methoxy groups -OCH3 is 1. The first kappa shape index (κ1) is 12.7. The number of carbonyl (C=O) groups is 1. The van der Waals surface area contributed by atoms with Crippen LogP contribution < -0.4 is 0 Å². The lowest BCUT2D eigenvalue weighted by Crippen LogP contribution is -2.20. The van der Waals surface area contributed by atoms with Crippen LogP contribution in [-0.2, 0) is 4.74 Å². The third kappa shape index (κ3) is 2.01. The van der Waals surface area contributed by atoms with E-state index in [0.717, 1.165) is 0 Å². The number of aromatic carboxylic acids is 1. The summed E-state index contributed by atoms with van der Waals surface area (Å²) in [6.45, 7) is 1.55. The van der Waals surface area contributed by atoms with E-state index in [2.05, 4.69) is 5.16 Å². The molecule has 0 aromatic carbocycles. The summed E-state index contributed by atoms with van der Waals surface area (Å²) in [7, 11) is 1.51. The van der Waals surface area contributed by atoms with E-state index in [9.17, 15) is 9.90 Å². The Morgan fingerprint density at radius 1 is 1.61 bits per heavy atom. The Morgan fingerprint density at radius 2 is 2.33 bits per heavy atom. The molecule has 0 fully saturated rings. The molecule has 2 rings (SSSR count). The van der Waals surface area contributed by atoms with Crippen LogP contribution in [0.2, 0.25) is 0 Å². The molecule has 0 aliphatic heterocycles. The molecule has 1 aromatic rings. The van der Waals surface area contributed by atoms with Gasteiger partial charge in [0.15, 0.2) is 0 Å². The molecule has 6 heteroatoms. The number of allylic oxidation sites excluding steroid dienone is 4. The number of hydrogen-bond donors (Lipinski definition) is 1. The van der Waals surface area contributed by atoms with Crippen LogP contribution >= 0.6 is 11.6 Å². The molecule has 18 heavy (non-hydrogen) atoms. The predicted octanol–water partition coefficient (Wildman–Crippen LogP) is 2.47. The average Bonchev–Trinajstić information content (AvgIpc) is 2.70. The molecule has 0 radical (unpaired) electrons. The van der Waals surface area contributed by atoms with Gasteiger partial charge in [-0.05, 0) is 13.0 Å². The topological polar surface area (TPSA) is 72.6 Å². The lowest BCUT2D eigenvalue weighted by atomic mass is 9.91. The predicted molar refractivity (Wildman–Crippen MR) is 64.8 cm³/mol. The highest BCUT2D eigenvalue weighted by Gasteiger charge is 2.34. The van der Waals surface area contributed by atoms with Gasteiger partial charge < -0.3 is 14.4 Å². The highest BCUT2D eigenvalue weighted by molar-refractivity contribution is 6.22. The highest BCUT2D eigenvalue weighted by Crippen LogP contribution is 2.36. The first-order valence-electron chi connectivity index (χ1n) is 5.32. The normalized spacial score (nSPS) is 22.7. The van der Waals surface area contributed by atoms with Gasteiger partial charge in [-0.1, -0.05) is 17.3 Å². The molecule has 0 saturated carbocycles. The van der Waals surface area contributed by atoms with Crippen molar-refractivity contribution in [1.29, 1.82) is 0 Å². The van der Waals surface area contributed by atoms with Gasteiger partial charge in [-0.2, -0.15) is 0 Å². The van der Waals surface area contributed by atoms with Crippen molar-refractivity contribution < 1.29 is 19.2 Å². The standard InChI is InChI=1S/C12H12ClNO4/c1-6-9(12(15)16)11(14-18-6)10-7(13)4-3-5-8(10)17-2/h3-5,7,10H,1-2H3,(H,15,16). The molecule has 1 heterocycles. The van der Waals surface area contributed by atoms with E-state index in [1.807, 2.05) is 0 Å². The van der Waals surface area contributed by atoms with Crippen molar-refractivity contribution in [3.63, 3.8) is 0 Å². The van der Waals surface area contributed by atoms with Crippen LogP contribution in [0.4, 0.5) is 0 Å². The van der Waals surface area contributed by atoms with Gasteiger partial charge in [0.1, 0.15) is 22.8 Å². The van der Waals surface area contributed by atoms with Crippen molar-refractivity contribution in [2.45, 2.75) is 18.2 Å². The third-order valence-corrected chi connectivity index (χ3v) is 3.21. The maximum atomic E-state index is 11.2. The second-order valence-electron chi connectivity index (χ2n) is 3.88. The molecule has 1 aliphatic rings. The number of aromatic nitrogens is 1. The van der Waals surface area contributed by atoms with Crippen molar-refractivity contribution in [3.05, 3.63) is 41.0 Å². The molecule has 2 unspecified atom stereocenters. The fourth-order valence-corrected chi connectivity index (χ4v) is 2.30. The molecule has 96 valence electrons. The zero-order valence-electron chi connectivity index (χ0n) is 9.88. The number of nitrogens with zero attached hydrogens (tertiary/aromatic N) is 1. The Kier molecular flexibility index (Phi) is 3.43. The number of hydrogen-bond acceptors (Lipinski definition) is 4. The monoisotopic (exact) mass is 269 g/mol. The van der Waals surface area contributed by atoms with Gasteiger partial charge >= 0.3 is 5.97 Å². The zero-order chi connectivity index (χ0) is 13.3. The van der Waals surface area contributed by atoms with Crippen LogP contribution in [-0.4, -0.2) is 28.7 Å². The number of aryl methyl sites for hydroxylation is 1. The summed E-state index contributed by atoms with van der Waals surface area (Å²) in [5.74, 6) is -0.720. The fraction of sp³-hybridized carbons (Fsp3) is 0.333. The summed E-state index contributed by atoms with van der Waals surface area (Å²) >= 11 is 6.19. The van der Waals surface area contributed by atoms with Crippen LogP contribution in [0, 0.1) is 6.92 Å². The first-order valence-corrected chi connectivity index (χ1v) is 5.75. The number of halogens is 1. The molecule has 0 amide bonds.